The van der Waals surface area contributed by atoms with Gasteiger partial charge in [0.05, 0.1) is 28.3 Å². The fourth-order valence-electron chi connectivity index (χ4n) is 3.22. The third kappa shape index (κ3) is 4.97. The van der Waals surface area contributed by atoms with Gasteiger partial charge in [0.15, 0.2) is 4.34 Å². The average molecular weight is 457 g/mol. The van der Waals surface area contributed by atoms with Gasteiger partial charge in [0.25, 0.3) is 0 Å². The van der Waals surface area contributed by atoms with E-state index in [9.17, 15) is 4.79 Å². The monoisotopic (exact) mass is 456 g/mol. The Hall–Kier alpha value is -2.69. The number of anilines is 1. The van der Waals surface area contributed by atoms with Gasteiger partial charge in [0.2, 0.25) is 5.91 Å². The number of imidazole rings is 1. The second kappa shape index (κ2) is 9.21. The number of amides is 1. The summed E-state index contributed by atoms with van der Waals surface area (Å²) >= 11 is 3.28. The Kier molecular flexibility index (Phi) is 6.40. The van der Waals surface area contributed by atoms with E-state index in [2.05, 4.69) is 20.4 Å². The van der Waals surface area contributed by atoms with Gasteiger partial charge in [-0.25, -0.2) is 9.97 Å². The van der Waals surface area contributed by atoms with Crippen LogP contribution in [0.4, 0.5) is 5.69 Å². The molecule has 0 saturated heterocycles. The summed E-state index contributed by atoms with van der Waals surface area (Å²) in [5, 5.41) is 7.05. The number of thiazole rings is 1. The van der Waals surface area contributed by atoms with Crippen LogP contribution in [0.2, 0.25) is 0 Å². The number of carbonyl (C=O) groups excluding carboxylic acids is 1. The van der Waals surface area contributed by atoms with Gasteiger partial charge in [-0.05, 0) is 46.1 Å². The van der Waals surface area contributed by atoms with Crippen LogP contribution >= 0.6 is 23.1 Å². The maximum Gasteiger partial charge on any atom is 0.242 e. The standard InChI is InChI=1S/C21H24N6O2S2/c1-12-16(13(2)29-26-12)10-30-21-25-17-6-5-14(8-19(17)31-21)24-20(28)18(27(3)4)7-15-9-22-11-23-15/h5-6,8-9,11,18H,7,10H2,1-4H3,(H,22,23)(H,24,28). The first-order valence-electron chi connectivity index (χ1n) is 9.80. The molecule has 3 aromatic heterocycles. The Labute approximate surface area is 188 Å². The second-order valence-electron chi connectivity index (χ2n) is 7.50. The zero-order chi connectivity index (χ0) is 22.0. The van der Waals surface area contributed by atoms with E-state index in [1.54, 1.807) is 35.6 Å². The van der Waals surface area contributed by atoms with Crippen molar-refractivity contribution in [3.8, 4) is 0 Å². The molecular formula is C21H24N6O2S2. The normalized spacial score (nSPS) is 12.5. The lowest BCUT2D eigenvalue weighted by Crippen LogP contribution is -2.41. The van der Waals surface area contributed by atoms with E-state index in [0.717, 1.165) is 48.7 Å². The lowest BCUT2D eigenvalue weighted by atomic mass is 10.1. The van der Waals surface area contributed by atoms with Crippen molar-refractivity contribution in [2.45, 2.75) is 36.4 Å². The number of aromatic amines is 1. The van der Waals surface area contributed by atoms with Crippen LogP contribution in [-0.2, 0) is 17.0 Å². The van der Waals surface area contributed by atoms with Gasteiger partial charge in [-0.15, -0.1) is 11.3 Å². The minimum Gasteiger partial charge on any atom is -0.361 e. The van der Waals surface area contributed by atoms with E-state index in [4.69, 9.17) is 9.51 Å². The first kappa shape index (κ1) is 21.5. The third-order valence-corrected chi connectivity index (χ3v) is 7.24. The van der Waals surface area contributed by atoms with E-state index in [0.29, 0.717) is 6.42 Å². The number of benzene rings is 1. The predicted octanol–water partition coefficient (Wildman–Crippen LogP) is 4.03. The smallest absolute Gasteiger partial charge is 0.242 e. The lowest BCUT2D eigenvalue weighted by molar-refractivity contribution is -0.120. The average Bonchev–Trinajstić information content (AvgIpc) is 3.45. The number of aromatic nitrogens is 4. The number of fused-ring (bicyclic) bond motifs is 1. The molecule has 0 spiro atoms. The maximum absolute atomic E-state index is 12.9. The molecule has 1 aromatic carbocycles. The molecule has 10 heteroatoms. The van der Waals surface area contributed by atoms with Gasteiger partial charge in [0, 0.05) is 35.3 Å². The summed E-state index contributed by atoms with van der Waals surface area (Å²) in [6.45, 7) is 3.88. The zero-order valence-electron chi connectivity index (χ0n) is 17.8. The number of hydrogen-bond acceptors (Lipinski definition) is 8. The van der Waals surface area contributed by atoms with Gasteiger partial charge in [-0.1, -0.05) is 16.9 Å². The van der Waals surface area contributed by atoms with Crippen molar-refractivity contribution in [1.29, 1.82) is 0 Å². The molecule has 162 valence electrons. The number of aryl methyl sites for hydroxylation is 2. The summed E-state index contributed by atoms with van der Waals surface area (Å²) in [5.74, 6) is 1.56. The number of carbonyl (C=O) groups is 1. The molecule has 0 aliphatic carbocycles. The highest BCUT2D eigenvalue weighted by Crippen LogP contribution is 2.34. The van der Waals surface area contributed by atoms with Crippen LogP contribution in [0.1, 0.15) is 22.7 Å². The molecular weight excluding hydrogens is 432 g/mol. The summed E-state index contributed by atoms with van der Waals surface area (Å²) in [5.41, 5.74) is 4.64. The predicted molar refractivity (Wildman–Crippen MR) is 124 cm³/mol. The van der Waals surface area contributed by atoms with Crippen LogP contribution in [0.15, 0.2) is 39.6 Å². The van der Waals surface area contributed by atoms with Crippen LogP contribution in [0.5, 0.6) is 0 Å². The van der Waals surface area contributed by atoms with Crippen molar-refractivity contribution in [3.63, 3.8) is 0 Å². The van der Waals surface area contributed by atoms with E-state index in [1.807, 2.05) is 51.0 Å². The Bertz CT molecular complexity index is 1160. The molecule has 0 aliphatic heterocycles. The summed E-state index contributed by atoms with van der Waals surface area (Å²) in [7, 11) is 3.80. The lowest BCUT2D eigenvalue weighted by Gasteiger charge is -2.22. The number of nitrogens with zero attached hydrogens (tertiary/aromatic N) is 4. The quantitative estimate of drug-likeness (QED) is 0.386. The first-order valence-corrected chi connectivity index (χ1v) is 11.6. The molecule has 0 fully saturated rings. The summed E-state index contributed by atoms with van der Waals surface area (Å²) < 4.78 is 7.25. The van der Waals surface area contributed by atoms with Crippen molar-refractivity contribution in [3.05, 3.63) is 53.4 Å². The molecule has 0 radical (unpaired) electrons. The van der Waals surface area contributed by atoms with Crippen LogP contribution in [0.3, 0.4) is 0 Å². The minimum atomic E-state index is -0.307. The zero-order valence-corrected chi connectivity index (χ0v) is 19.4. The Balaban J connectivity index is 1.45. The summed E-state index contributed by atoms with van der Waals surface area (Å²) in [4.78, 5) is 26.6. The second-order valence-corrected chi connectivity index (χ2v) is 9.76. The van der Waals surface area contributed by atoms with E-state index in [-0.39, 0.29) is 11.9 Å². The SMILES string of the molecule is Cc1noc(C)c1CSc1nc2ccc(NC(=O)C(Cc3cnc[nH]3)N(C)C)cc2s1. The Morgan fingerprint density at radius 2 is 2.19 bits per heavy atom. The molecule has 1 atom stereocenters. The molecule has 0 bridgehead atoms. The molecule has 4 rings (SSSR count). The largest absolute Gasteiger partial charge is 0.361 e. The van der Waals surface area contributed by atoms with Crippen LogP contribution in [-0.4, -0.2) is 51.1 Å². The van der Waals surface area contributed by atoms with Gasteiger partial charge < -0.3 is 14.8 Å². The first-order chi connectivity index (χ1) is 14.9. The highest BCUT2D eigenvalue weighted by atomic mass is 32.2. The van der Waals surface area contributed by atoms with E-state index in [1.165, 1.54) is 0 Å². The number of likely N-dealkylation sites (N-methyl/N-ethyl adjacent to an activating group) is 1. The summed E-state index contributed by atoms with van der Waals surface area (Å²) in [6, 6.07) is 5.51. The molecule has 31 heavy (non-hydrogen) atoms. The topological polar surface area (TPSA) is 99.9 Å². The third-order valence-electron chi connectivity index (χ3n) is 5.05. The number of rotatable bonds is 8. The molecule has 0 aliphatic rings. The van der Waals surface area contributed by atoms with Crippen LogP contribution in [0.25, 0.3) is 10.2 Å². The molecule has 1 amide bonds. The molecule has 8 nitrogen and oxygen atoms in total. The van der Waals surface area contributed by atoms with Crippen molar-refractivity contribution < 1.29 is 9.32 Å². The van der Waals surface area contributed by atoms with Crippen molar-refractivity contribution in [2.75, 3.05) is 19.4 Å². The van der Waals surface area contributed by atoms with Crippen LogP contribution < -0.4 is 5.32 Å². The van der Waals surface area contributed by atoms with Crippen molar-refractivity contribution in [2.24, 2.45) is 0 Å². The molecule has 2 N–H and O–H groups in total. The van der Waals surface area contributed by atoms with Crippen LogP contribution in [0, 0.1) is 13.8 Å². The van der Waals surface area contributed by atoms with Gasteiger partial charge in [-0.2, -0.15) is 0 Å². The molecule has 3 heterocycles. The number of thioether (sulfide) groups is 1. The summed E-state index contributed by atoms with van der Waals surface area (Å²) in [6.07, 6.45) is 3.93. The number of hydrogen-bond donors (Lipinski definition) is 2. The molecule has 4 aromatic rings. The highest BCUT2D eigenvalue weighted by Gasteiger charge is 2.22. The van der Waals surface area contributed by atoms with Gasteiger partial charge >= 0.3 is 0 Å². The van der Waals surface area contributed by atoms with E-state index < -0.39 is 0 Å². The van der Waals surface area contributed by atoms with Gasteiger partial charge in [0.1, 0.15) is 5.76 Å². The molecule has 1 unspecified atom stereocenters. The number of H-pyrrole nitrogens is 1. The minimum absolute atomic E-state index is 0.0588. The molecule has 0 saturated carbocycles. The van der Waals surface area contributed by atoms with E-state index >= 15 is 0 Å². The fraction of sp³-hybridized carbons (Fsp3) is 0.333. The Morgan fingerprint density at radius 3 is 2.87 bits per heavy atom. The van der Waals surface area contributed by atoms with Crippen molar-refractivity contribution >= 4 is 44.9 Å². The van der Waals surface area contributed by atoms with Crippen molar-refractivity contribution in [1.82, 2.24) is 25.0 Å². The van der Waals surface area contributed by atoms with Gasteiger partial charge in [-0.3, -0.25) is 9.69 Å². The maximum atomic E-state index is 12.9. The highest BCUT2D eigenvalue weighted by molar-refractivity contribution is 8.00. The fourth-order valence-corrected chi connectivity index (χ4v) is 5.49. The number of nitrogens with one attached hydrogen (secondary N) is 2. The Morgan fingerprint density at radius 1 is 1.35 bits per heavy atom.